The van der Waals surface area contributed by atoms with Crippen LogP contribution in [-0.2, 0) is 4.79 Å². The van der Waals surface area contributed by atoms with Gasteiger partial charge in [-0.1, -0.05) is 31.5 Å². The molecule has 1 aromatic rings. The summed E-state index contributed by atoms with van der Waals surface area (Å²) in [5.74, 6) is -0.701. The zero-order valence-electron chi connectivity index (χ0n) is 13.9. The molecule has 0 saturated carbocycles. The van der Waals surface area contributed by atoms with Gasteiger partial charge in [0, 0.05) is 12.1 Å². The van der Waals surface area contributed by atoms with Crippen molar-refractivity contribution in [1.82, 2.24) is 21.5 Å². The minimum absolute atomic E-state index is 0.0705. The quantitative estimate of drug-likeness (QED) is 0.481. The average molecular weight is 336 g/mol. The van der Waals surface area contributed by atoms with Gasteiger partial charge in [0.2, 0.25) is 0 Å². The molecule has 0 fully saturated rings. The Bertz CT molecular complexity index is 558. The molecular weight excluding hydrogens is 312 g/mol. The number of nitrogens with one attached hydrogen (secondary N) is 4. The third-order valence-electron chi connectivity index (χ3n) is 3.19. The smallest absolute Gasteiger partial charge is 0.261 e. The largest absolute Gasteiger partial charge is 0.362 e. The van der Waals surface area contributed by atoms with Gasteiger partial charge in [0.15, 0.2) is 5.11 Å². The maximum absolute atomic E-state index is 12.3. The van der Waals surface area contributed by atoms with Crippen LogP contribution in [0.1, 0.15) is 36.7 Å². The monoisotopic (exact) mass is 336 g/mol. The van der Waals surface area contributed by atoms with E-state index in [9.17, 15) is 9.59 Å². The summed E-state index contributed by atoms with van der Waals surface area (Å²) < 4.78 is 0. The third-order valence-corrected chi connectivity index (χ3v) is 3.43. The molecule has 0 aromatic heterocycles. The van der Waals surface area contributed by atoms with E-state index in [1.165, 1.54) is 0 Å². The van der Waals surface area contributed by atoms with Crippen LogP contribution in [0.4, 0.5) is 0 Å². The van der Waals surface area contributed by atoms with Crippen molar-refractivity contribution < 1.29 is 9.59 Å². The van der Waals surface area contributed by atoms with Gasteiger partial charge in [-0.25, -0.2) is 0 Å². The predicted molar refractivity (Wildman–Crippen MR) is 94.8 cm³/mol. The maximum atomic E-state index is 12.3. The van der Waals surface area contributed by atoms with E-state index in [2.05, 4.69) is 21.5 Å². The Morgan fingerprint density at radius 3 is 2.26 bits per heavy atom. The van der Waals surface area contributed by atoms with E-state index in [-0.39, 0.29) is 17.7 Å². The Morgan fingerprint density at radius 2 is 1.74 bits per heavy atom. The summed E-state index contributed by atoms with van der Waals surface area (Å²) in [6.45, 7) is 8.23. The van der Waals surface area contributed by atoms with E-state index in [4.69, 9.17) is 12.2 Å². The summed E-state index contributed by atoms with van der Waals surface area (Å²) in [6, 6.07) is 6.52. The Balaban J connectivity index is 2.67. The Labute approximate surface area is 142 Å². The molecule has 0 radical (unpaired) electrons. The SMILES string of the molecule is CCNC(=S)NNC(=O)C(NC(=O)c1ccc(C)cc1)C(C)C. The number of thiocarbonyl (C=S) groups is 1. The number of hydrogen-bond acceptors (Lipinski definition) is 3. The lowest BCUT2D eigenvalue weighted by molar-refractivity contribution is -0.124. The standard InChI is InChI=1S/C16H24N4O2S/c1-5-17-16(23)20-19-15(22)13(10(2)3)18-14(21)12-8-6-11(4)7-9-12/h6-10,13H,5H2,1-4H3,(H,18,21)(H,19,22)(H2,17,20,23). The highest BCUT2D eigenvalue weighted by Gasteiger charge is 2.24. The van der Waals surface area contributed by atoms with Crippen LogP contribution in [0, 0.1) is 12.8 Å². The molecule has 2 amide bonds. The molecule has 1 unspecified atom stereocenters. The zero-order chi connectivity index (χ0) is 17.4. The van der Waals surface area contributed by atoms with Crippen molar-refractivity contribution >= 4 is 29.1 Å². The fourth-order valence-electron chi connectivity index (χ4n) is 1.87. The van der Waals surface area contributed by atoms with Crippen LogP contribution in [0.25, 0.3) is 0 Å². The van der Waals surface area contributed by atoms with Gasteiger partial charge in [0.1, 0.15) is 6.04 Å². The molecule has 6 nitrogen and oxygen atoms in total. The molecule has 1 atom stereocenters. The predicted octanol–water partition coefficient (Wildman–Crippen LogP) is 1.26. The lowest BCUT2D eigenvalue weighted by Gasteiger charge is -2.22. The molecule has 0 aliphatic rings. The van der Waals surface area contributed by atoms with Crippen molar-refractivity contribution in [2.45, 2.75) is 33.7 Å². The van der Waals surface area contributed by atoms with Crippen LogP contribution < -0.4 is 21.5 Å². The number of benzene rings is 1. The minimum atomic E-state index is -0.666. The molecule has 1 rings (SSSR count). The minimum Gasteiger partial charge on any atom is -0.362 e. The third kappa shape index (κ3) is 6.23. The number of hydrazine groups is 1. The molecule has 1 aromatic carbocycles. The molecule has 0 aliphatic carbocycles. The van der Waals surface area contributed by atoms with Crippen molar-refractivity contribution in [1.29, 1.82) is 0 Å². The van der Waals surface area contributed by atoms with Gasteiger partial charge in [-0.2, -0.15) is 0 Å². The van der Waals surface area contributed by atoms with E-state index < -0.39 is 6.04 Å². The molecule has 0 heterocycles. The van der Waals surface area contributed by atoms with Crippen molar-refractivity contribution in [3.05, 3.63) is 35.4 Å². The van der Waals surface area contributed by atoms with Crippen molar-refractivity contribution in [2.75, 3.05) is 6.54 Å². The van der Waals surface area contributed by atoms with Gasteiger partial charge in [0.05, 0.1) is 0 Å². The Hall–Kier alpha value is -2.15. The van der Waals surface area contributed by atoms with Crippen LogP contribution in [0.2, 0.25) is 0 Å². The summed E-state index contributed by atoms with van der Waals surface area (Å²) in [5, 5.41) is 5.94. The first kappa shape index (κ1) is 18.9. The number of carbonyl (C=O) groups is 2. The first-order valence-electron chi connectivity index (χ1n) is 7.56. The molecular formula is C16H24N4O2S. The molecule has 23 heavy (non-hydrogen) atoms. The van der Waals surface area contributed by atoms with E-state index >= 15 is 0 Å². The van der Waals surface area contributed by atoms with E-state index in [0.717, 1.165) is 5.56 Å². The molecule has 7 heteroatoms. The molecule has 0 bridgehead atoms. The summed E-state index contributed by atoms with van der Waals surface area (Å²) in [7, 11) is 0. The lowest BCUT2D eigenvalue weighted by atomic mass is 10.0. The highest BCUT2D eigenvalue weighted by molar-refractivity contribution is 7.80. The first-order valence-corrected chi connectivity index (χ1v) is 7.97. The Morgan fingerprint density at radius 1 is 1.13 bits per heavy atom. The van der Waals surface area contributed by atoms with Gasteiger partial charge in [-0.3, -0.25) is 20.4 Å². The second kappa shape index (κ2) is 9.09. The van der Waals surface area contributed by atoms with Crippen LogP contribution in [0.5, 0.6) is 0 Å². The average Bonchev–Trinajstić information content (AvgIpc) is 2.50. The number of carbonyl (C=O) groups excluding carboxylic acids is 2. The molecule has 0 aliphatic heterocycles. The first-order chi connectivity index (χ1) is 10.8. The Kier molecular flexibility index (Phi) is 7.47. The van der Waals surface area contributed by atoms with Gasteiger partial charge in [0.25, 0.3) is 11.8 Å². The van der Waals surface area contributed by atoms with Gasteiger partial charge in [-0.05, 0) is 44.1 Å². The molecule has 0 saturated heterocycles. The summed E-state index contributed by atoms with van der Waals surface area (Å²) in [6.07, 6.45) is 0. The van der Waals surface area contributed by atoms with Crippen LogP contribution in [0.3, 0.4) is 0 Å². The zero-order valence-corrected chi connectivity index (χ0v) is 14.7. The van der Waals surface area contributed by atoms with Gasteiger partial charge in [-0.15, -0.1) is 0 Å². The number of amides is 2. The van der Waals surface area contributed by atoms with Crippen molar-refractivity contribution in [2.24, 2.45) is 5.92 Å². The summed E-state index contributed by atoms with van der Waals surface area (Å²) >= 11 is 4.98. The highest BCUT2D eigenvalue weighted by atomic mass is 32.1. The topological polar surface area (TPSA) is 82.3 Å². The van der Waals surface area contributed by atoms with Crippen molar-refractivity contribution in [3.8, 4) is 0 Å². The van der Waals surface area contributed by atoms with Crippen LogP contribution in [0.15, 0.2) is 24.3 Å². The molecule has 126 valence electrons. The van der Waals surface area contributed by atoms with Crippen LogP contribution in [-0.4, -0.2) is 29.5 Å². The summed E-state index contributed by atoms with van der Waals surface area (Å²) in [5.41, 5.74) is 6.70. The van der Waals surface area contributed by atoms with E-state index in [0.29, 0.717) is 17.2 Å². The van der Waals surface area contributed by atoms with E-state index in [1.807, 2.05) is 39.8 Å². The second-order valence-electron chi connectivity index (χ2n) is 5.53. The second-order valence-corrected chi connectivity index (χ2v) is 5.94. The fourth-order valence-corrected chi connectivity index (χ4v) is 2.06. The normalized spacial score (nSPS) is 11.5. The van der Waals surface area contributed by atoms with Crippen LogP contribution >= 0.6 is 12.2 Å². The fraction of sp³-hybridized carbons (Fsp3) is 0.438. The van der Waals surface area contributed by atoms with Gasteiger partial charge >= 0.3 is 0 Å². The number of rotatable bonds is 5. The van der Waals surface area contributed by atoms with Crippen molar-refractivity contribution in [3.63, 3.8) is 0 Å². The lowest BCUT2D eigenvalue weighted by Crippen LogP contribution is -2.55. The number of aryl methyl sites for hydroxylation is 1. The number of hydrogen-bond donors (Lipinski definition) is 4. The van der Waals surface area contributed by atoms with E-state index in [1.54, 1.807) is 12.1 Å². The highest BCUT2D eigenvalue weighted by Crippen LogP contribution is 2.06. The molecule has 4 N–H and O–H groups in total. The maximum Gasteiger partial charge on any atom is 0.261 e. The van der Waals surface area contributed by atoms with Gasteiger partial charge < -0.3 is 10.6 Å². The summed E-state index contributed by atoms with van der Waals surface area (Å²) in [4.78, 5) is 24.5. The molecule has 0 spiro atoms.